The lowest BCUT2D eigenvalue weighted by Gasteiger charge is -2.11. The fourth-order valence-corrected chi connectivity index (χ4v) is 2.03. The molecule has 0 amide bonds. The van der Waals surface area contributed by atoms with E-state index in [0.29, 0.717) is 0 Å². The Morgan fingerprint density at radius 1 is 1.22 bits per heavy atom. The van der Waals surface area contributed by atoms with Gasteiger partial charge in [0.15, 0.2) is 12.4 Å². The van der Waals surface area contributed by atoms with Gasteiger partial charge < -0.3 is 14.6 Å². The van der Waals surface area contributed by atoms with E-state index in [2.05, 4.69) is 4.74 Å². The third kappa shape index (κ3) is 4.20. The van der Waals surface area contributed by atoms with Gasteiger partial charge in [-0.15, -0.1) is 0 Å². The van der Waals surface area contributed by atoms with E-state index in [1.165, 1.54) is 25.3 Å². The fourth-order valence-electron chi connectivity index (χ4n) is 1.86. The largest absolute Gasteiger partial charge is 0.508 e. The third-order valence-corrected chi connectivity index (χ3v) is 3.14. The van der Waals surface area contributed by atoms with Gasteiger partial charge in [0.25, 0.3) is 0 Å². The molecule has 0 bridgehead atoms. The number of ketones is 1. The van der Waals surface area contributed by atoms with Crippen molar-refractivity contribution in [1.82, 2.24) is 0 Å². The Balaban J connectivity index is 2.38. The minimum atomic E-state index is -0.757. The summed E-state index contributed by atoms with van der Waals surface area (Å²) in [6.07, 6.45) is 0. The van der Waals surface area contributed by atoms with Crippen molar-refractivity contribution in [2.75, 3.05) is 13.7 Å². The smallest absolute Gasteiger partial charge is 0.343 e. The van der Waals surface area contributed by atoms with Crippen LogP contribution < -0.4 is 4.74 Å². The van der Waals surface area contributed by atoms with E-state index in [0.717, 1.165) is 18.2 Å². The fraction of sp³-hybridized carbons (Fsp3) is 0.125. The van der Waals surface area contributed by atoms with Crippen LogP contribution in [0.5, 0.6) is 11.5 Å². The number of carbonyl (C=O) groups excluding carboxylic acids is 2. The Hall–Kier alpha value is -2.60. The maximum absolute atomic E-state index is 13.4. The molecular formula is C16H12ClFO5. The number of aromatic hydroxyl groups is 1. The average molecular weight is 339 g/mol. The molecule has 0 aliphatic rings. The van der Waals surface area contributed by atoms with Crippen LogP contribution in [0.25, 0.3) is 0 Å². The molecule has 0 saturated carbocycles. The molecule has 0 aliphatic carbocycles. The molecule has 0 aliphatic heterocycles. The van der Waals surface area contributed by atoms with Gasteiger partial charge in [-0.1, -0.05) is 11.6 Å². The molecule has 23 heavy (non-hydrogen) atoms. The normalized spacial score (nSPS) is 10.2. The first kappa shape index (κ1) is 16.8. The molecule has 2 rings (SSSR count). The lowest BCUT2D eigenvalue weighted by atomic mass is 10.0. The molecular weight excluding hydrogens is 327 g/mol. The predicted molar refractivity (Wildman–Crippen MR) is 80.5 cm³/mol. The number of ether oxygens (including phenoxy) is 2. The zero-order chi connectivity index (χ0) is 17.0. The number of esters is 1. The molecule has 0 atom stereocenters. The Kier molecular flexibility index (Phi) is 5.18. The molecule has 7 heteroatoms. The summed E-state index contributed by atoms with van der Waals surface area (Å²) in [5.74, 6) is -2.28. The van der Waals surface area contributed by atoms with Crippen LogP contribution >= 0.6 is 11.6 Å². The Bertz CT molecular complexity index is 740. The summed E-state index contributed by atoms with van der Waals surface area (Å²) >= 11 is 5.88. The number of phenolic OH excluding ortho intramolecular Hbond substituents is 1. The van der Waals surface area contributed by atoms with Crippen LogP contribution in [0, 0.1) is 5.82 Å². The minimum absolute atomic E-state index is 0.0337. The number of carbonyl (C=O) groups is 2. The van der Waals surface area contributed by atoms with Crippen molar-refractivity contribution >= 4 is 23.4 Å². The number of phenols is 1. The number of hydrogen-bond donors (Lipinski definition) is 1. The molecule has 0 saturated heterocycles. The van der Waals surface area contributed by atoms with Crippen molar-refractivity contribution in [3.05, 3.63) is 58.4 Å². The van der Waals surface area contributed by atoms with E-state index >= 15 is 0 Å². The summed E-state index contributed by atoms with van der Waals surface area (Å²) in [5, 5.41) is 9.67. The molecule has 0 radical (unpaired) electrons. The summed E-state index contributed by atoms with van der Waals surface area (Å²) in [4.78, 5) is 23.7. The molecule has 0 heterocycles. The average Bonchev–Trinajstić information content (AvgIpc) is 2.51. The Morgan fingerprint density at radius 3 is 2.61 bits per heavy atom. The Morgan fingerprint density at radius 2 is 1.96 bits per heavy atom. The van der Waals surface area contributed by atoms with Gasteiger partial charge in [0.2, 0.25) is 0 Å². The number of benzene rings is 2. The van der Waals surface area contributed by atoms with Gasteiger partial charge >= 0.3 is 5.97 Å². The molecule has 120 valence electrons. The molecule has 1 N–H and O–H groups in total. The molecule has 2 aromatic rings. The zero-order valence-electron chi connectivity index (χ0n) is 12.0. The van der Waals surface area contributed by atoms with E-state index in [4.69, 9.17) is 16.3 Å². The highest BCUT2D eigenvalue weighted by molar-refractivity contribution is 6.31. The van der Waals surface area contributed by atoms with E-state index in [1.54, 1.807) is 0 Å². The summed E-state index contributed by atoms with van der Waals surface area (Å²) in [6.45, 7) is -0.396. The van der Waals surface area contributed by atoms with Crippen molar-refractivity contribution in [3.63, 3.8) is 0 Å². The monoisotopic (exact) mass is 338 g/mol. The van der Waals surface area contributed by atoms with Crippen LogP contribution in [0.2, 0.25) is 5.02 Å². The van der Waals surface area contributed by atoms with Crippen LogP contribution in [-0.4, -0.2) is 30.6 Å². The van der Waals surface area contributed by atoms with E-state index in [9.17, 15) is 19.1 Å². The van der Waals surface area contributed by atoms with Crippen LogP contribution in [0.1, 0.15) is 15.9 Å². The topological polar surface area (TPSA) is 72.8 Å². The summed E-state index contributed by atoms with van der Waals surface area (Å²) in [6, 6.07) is 7.21. The van der Waals surface area contributed by atoms with Crippen LogP contribution in [0.3, 0.4) is 0 Å². The first-order valence-corrected chi connectivity index (χ1v) is 6.82. The SMILES string of the molecule is COC(=O)COc1ccc(Cl)cc1C(=O)c1cc(O)cc(F)c1. The Labute approximate surface area is 136 Å². The van der Waals surface area contributed by atoms with Crippen LogP contribution in [0.4, 0.5) is 4.39 Å². The summed E-state index contributed by atoms with van der Waals surface area (Å²) in [5.41, 5.74) is -0.0425. The third-order valence-electron chi connectivity index (χ3n) is 2.90. The number of methoxy groups -OCH3 is 1. The second-order valence-electron chi connectivity index (χ2n) is 4.53. The van der Waals surface area contributed by atoms with E-state index < -0.39 is 24.2 Å². The first-order valence-electron chi connectivity index (χ1n) is 6.44. The van der Waals surface area contributed by atoms with Gasteiger partial charge in [-0.05, 0) is 30.3 Å². The molecule has 0 unspecified atom stereocenters. The van der Waals surface area contributed by atoms with Gasteiger partial charge in [0.05, 0.1) is 12.7 Å². The van der Waals surface area contributed by atoms with Gasteiger partial charge in [-0.25, -0.2) is 9.18 Å². The maximum atomic E-state index is 13.4. The van der Waals surface area contributed by atoms with Crippen molar-refractivity contribution in [1.29, 1.82) is 0 Å². The van der Waals surface area contributed by atoms with E-state index in [1.807, 2.05) is 0 Å². The van der Waals surface area contributed by atoms with Crippen molar-refractivity contribution < 1.29 is 28.6 Å². The van der Waals surface area contributed by atoms with Crippen LogP contribution in [-0.2, 0) is 9.53 Å². The predicted octanol–water partition coefficient (Wildman–Crippen LogP) is 2.97. The second kappa shape index (κ2) is 7.11. The minimum Gasteiger partial charge on any atom is -0.508 e. The highest BCUT2D eigenvalue weighted by atomic mass is 35.5. The van der Waals surface area contributed by atoms with Gasteiger partial charge in [-0.3, -0.25) is 4.79 Å². The van der Waals surface area contributed by atoms with Crippen molar-refractivity contribution in [2.24, 2.45) is 0 Å². The highest BCUT2D eigenvalue weighted by Crippen LogP contribution is 2.27. The van der Waals surface area contributed by atoms with Crippen molar-refractivity contribution in [3.8, 4) is 11.5 Å². The van der Waals surface area contributed by atoms with Crippen molar-refractivity contribution in [2.45, 2.75) is 0 Å². The van der Waals surface area contributed by atoms with Gasteiger partial charge in [0.1, 0.15) is 17.3 Å². The summed E-state index contributed by atoms with van der Waals surface area (Å²) < 4.78 is 23.0. The standard InChI is InChI=1S/C16H12ClFO5/c1-22-15(20)8-23-14-3-2-10(17)6-13(14)16(21)9-4-11(18)7-12(19)5-9/h2-7,19H,8H2,1H3. The zero-order valence-corrected chi connectivity index (χ0v) is 12.8. The van der Waals surface area contributed by atoms with E-state index in [-0.39, 0.29) is 27.6 Å². The number of rotatable bonds is 5. The lowest BCUT2D eigenvalue weighted by Crippen LogP contribution is -2.14. The summed E-state index contributed by atoms with van der Waals surface area (Å²) in [7, 11) is 1.20. The highest BCUT2D eigenvalue weighted by Gasteiger charge is 2.18. The number of hydrogen-bond acceptors (Lipinski definition) is 5. The quantitative estimate of drug-likeness (QED) is 0.670. The number of halogens is 2. The van der Waals surface area contributed by atoms with Gasteiger partial charge in [0, 0.05) is 16.7 Å². The molecule has 5 nitrogen and oxygen atoms in total. The van der Waals surface area contributed by atoms with Gasteiger partial charge in [-0.2, -0.15) is 0 Å². The molecule has 2 aromatic carbocycles. The molecule has 0 fully saturated rings. The second-order valence-corrected chi connectivity index (χ2v) is 4.97. The first-order chi connectivity index (χ1) is 10.9. The van der Waals surface area contributed by atoms with Crippen LogP contribution in [0.15, 0.2) is 36.4 Å². The molecule has 0 aromatic heterocycles. The maximum Gasteiger partial charge on any atom is 0.343 e. The molecule has 0 spiro atoms. The lowest BCUT2D eigenvalue weighted by molar-refractivity contribution is -0.142.